The summed E-state index contributed by atoms with van der Waals surface area (Å²) in [7, 11) is 0.333. The second-order valence-corrected chi connectivity index (χ2v) is 9.42. The van der Waals surface area contributed by atoms with Crippen LogP contribution in [0.3, 0.4) is 0 Å². The van der Waals surface area contributed by atoms with Gasteiger partial charge in [0.25, 0.3) is 0 Å². The molecule has 0 saturated heterocycles. The summed E-state index contributed by atoms with van der Waals surface area (Å²) < 4.78 is 25.1. The molecule has 7 heteroatoms. The molecule has 2 aromatic carbocycles. The van der Waals surface area contributed by atoms with Gasteiger partial charge in [0.2, 0.25) is 5.91 Å². The number of carbonyl (C=O) groups excluding carboxylic acids is 1. The van der Waals surface area contributed by atoms with Gasteiger partial charge in [-0.2, -0.15) is 5.26 Å². The first kappa shape index (κ1) is 22.6. The second kappa shape index (κ2) is 10.2. The Hall–Kier alpha value is -2.69. The van der Waals surface area contributed by atoms with Crippen molar-refractivity contribution in [1.29, 1.82) is 5.26 Å². The van der Waals surface area contributed by atoms with Crippen LogP contribution in [0.15, 0.2) is 53.4 Å². The highest BCUT2D eigenvalue weighted by Gasteiger charge is 2.20. The van der Waals surface area contributed by atoms with E-state index >= 15 is 0 Å². The summed E-state index contributed by atoms with van der Waals surface area (Å²) in [5.74, 6) is -0.423. The van der Waals surface area contributed by atoms with E-state index in [1.807, 2.05) is 38.1 Å². The van der Waals surface area contributed by atoms with Gasteiger partial charge >= 0.3 is 0 Å². The summed E-state index contributed by atoms with van der Waals surface area (Å²) in [5, 5.41) is 8.92. The van der Waals surface area contributed by atoms with Crippen molar-refractivity contribution in [2.75, 3.05) is 32.9 Å². The zero-order valence-corrected chi connectivity index (χ0v) is 17.9. The lowest BCUT2D eigenvalue weighted by molar-refractivity contribution is -0.131. The highest BCUT2D eigenvalue weighted by atomic mass is 32.2. The van der Waals surface area contributed by atoms with Crippen LogP contribution < -0.4 is 0 Å². The molecule has 6 nitrogen and oxygen atoms in total. The maximum Gasteiger partial charge on any atom is 0.223 e. The second-order valence-electron chi connectivity index (χ2n) is 7.31. The van der Waals surface area contributed by atoms with Gasteiger partial charge < -0.3 is 9.80 Å². The average Bonchev–Trinajstić information content (AvgIpc) is 2.70. The zero-order chi connectivity index (χ0) is 21.4. The van der Waals surface area contributed by atoms with Gasteiger partial charge in [-0.15, -0.1) is 0 Å². The minimum atomic E-state index is -3.51. The number of hydrogen-bond donors (Lipinski definition) is 0. The van der Waals surface area contributed by atoms with Gasteiger partial charge in [0, 0.05) is 26.1 Å². The number of benzene rings is 2. The Kier molecular flexibility index (Phi) is 7.94. The van der Waals surface area contributed by atoms with E-state index in [1.165, 1.54) is 0 Å². The molecule has 0 aliphatic rings. The molecule has 29 heavy (non-hydrogen) atoms. The van der Waals surface area contributed by atoms with E-state index in [-0.39, 0.29) is 23.0 Å². The van der Waals surface area contributed by atoms with Gasteiger partial charge in [-0.3, -0.25) is 4.79 Å². The fraction of sp³-hybridized carbons (Fsp3) is 0.364. The first-order valence-corrected chi connectivity index (χ1v) is 11.1. The van der Waals surface area contributed by atoms with Crippen LogP contribution in [0.2, 0.25) is 0 Å². The normalized spacial score (nSPS) is 11.3. The molecular formula is C22H27N3O3S. The molecule has 0 saturated carbocycles. The fourth-order valence-electron chi connectivity index (χ4n) is 2.76. The van der Waals surface area contributed by atoms with Crippen LogP contribution in [0.5, 0.6) is 0 Å². The van der Waals surface area contributed by atoms with Crippen LogP contribution in [0.1, 0.15) is 23.1 Å². The summed E-state index contributed by atoms with van der Waals surface area (Å²) in [5.41, 5.74) is 2.44. The Labute approximate surface area is 173 Å². The minimum Gasteiger partial charge on any atom is -0.337 e. The summed E-state index contributed by atoms with van der Waals surface area (Å²) in [6.07, 6.45) is -0.0695. The van der Waals surface area contributed by atoms with Crippen LogP contribution in [0, 0.1) is 18.3 Å². The summed E-state index contributed by atoms with van der Waals surface area (Å²) in [6.45, 7) is 3.44. The van der Waals surface area contributed by atoms with E-state index < -0.39 is 9.84 Å². The average molecular weight is 414 g/mol. The van der Waals surface area contributed by atoms with E-state index in [4.69, 9.17) is 5.26 Å². The van der Waals surface area contributed by atoms with Crippen molar-refractivity contribution in [2.24, 2.45) is 0 Å². The lowest BCUT2D eigenvalue weighted by Crippen LogP contribution is -2.37. The molecule has 154 valence electrons. The Morgan fingerprint density at radius 3 is 2.17 bits per heavy atom. The van der Waals surface area contributed by atoms with E-state index in [0.717, 1.165) is 11.1 Å². The van der Waals surface area contributed by atoms with Crippen molar-refractivity contribution in [2.45, 2.75) is 24.8 Å². The topological polar surface area (TPSA) is 81.5 Å². The standard InChI is InChI=1S/C22H27N3O3S/c1-18-4-10-21(11-5-18)29(27,28)15-12-22(26)25(14-13-24(2)3)17-20-8-6-19(16-23)7-9-20/h4-11H,12-15,17H2,1-3H3. The van der Waals surface area contributed by atoms with Gasteiger partial charge in [-0.05, 0) is 50.8 Å². The van der Waals surface area contributed by atoms with Crippen molar-refractivity contribution >= 4 is 15.7 Å². The molecule has 1 amide bonds. The Morgan fingerprint density at radius 1 is 1.00 bits per heavy atom. The molecule has 2 rings (SSSR count). The van der Waals surface area contributed by atoms with E-state index in [0.29, 0.717) is 25.2 Å². The monoisotopic (exact) mass is 413 g/mol. The van der Waals surface area contributed by atoms with E-state index in [1.54, 1.807) is 41.3 Å². The number of rotatable bonds is 9. The van der Waals surface area contributed by atoms with Gasteiger partial charge in [0.1, 0.15) is 0 Å². The Balaban J connectivity index is 2.07. The number of hydrogen-bond acceptors (Lipinski definition) is 5. The van der Waals surface area contributed by atoms with Crippen LogP contribution in [0.25, 0.3) is 0 Å². The number of amides is 1. The van der Waals surface area contributed by atoms with E-state index in [2.05, 4.69) is 6.07 Å². The van der Waals surface area contributed by atoms with Crippen LogP contribution in [-0.4, -0.2) is 57.1 Å². The third-order valence-corrected chi connectivity index (χ3v) is 6.32. The molecule has 0 radical (unpaired) electrons. The quantitative estimate of drug-likeness (QED) is 0.631. The van der Waals surface area contributed by atoms with Gasteiger partial charge in [-0.25, -0.2) is 8.42 Å². The maximum absolute atomic E-state index is 12.8. The first-order valence-electron chi connectivity index (χ1n) is 9.42. The van der Waals surface area contributed by atoms with Crippen molar-refractivity contribution in [1.82, 2.24) is 9.80 Å². The number of nitrogens with zero attached hydrogens (tertiary/aromatic N) is 3. The molecule has 0 aromatic heterocycles. The van der Waals surface area contributed by atoms with Gasteiger partial charge in [-0.1, -0.05) is 29.8 Å². The number of nitriles is 1. The highest BCUT2D eigenvalue weighted by molar-refractivity contribution is 7.91. The maximum atomic E-state index is 12.8. The van der Waals surface area contributed by atoms with Crippen molar-refractivity contribution < 1.29 is 13.2 Å². The lowest BCUT2D eigenvalue weighted by atomic mass is 10.1. The van der Waals surface area contributed by atoms with Crippen LogP contribution >= 0.6 is 0 Å². The van der Waals surface area contributed by atoms with Crippen molar-refractivity contribution in [3.05, 3.63) is 65.2 Å². The van der Waals surface area contributed by atoms with Gasteiger partial charge in [0.15, 0.2) is 9.84 Å². The third kappa shape index (κ3) is 7.00. The zero-order valence-electron chi connectivity index (χ0n) is 17.1. The number of carbonyl (C=O) groups is 1. The number of sulfone groups is 1. The minimum absolute atomic E-state index is 0.0695. The predicted octanol–water partition coefficient (Wildman–Crippen LogP) is 2.62. The summed E-state index contributed by atoms with van der Waals surface area (Å²) in [6, 6.07) is 15.8. The van der Waals surface area contributed by atoms with Gasteiger partial charge in [0.05, 0.1) is 22.3 Å². The molecule has 0 aliphatic carbocycles. The fourth-order valence-corrected chi connectivity index (χ4v) is 3.99. The Bertz CT molecular complexity index is 960. The number of aryl methyl sites for hydroxylation is 1. The summed E-state index contributed by atoms with van der Waals surface area (Å²) in [4.78, 5) is 16.7. The molecule has 0 bridgehead atoms. The van der Waals surface area contributed by atoms with Crippen molar-refractivity contribution in [3.63, 3.8) is 0 Å². The van der Waals surface area contributed by atoms with Crippen molar-refractivity contribution in [3.8, 4) is 6.07 Å². The molecular weight excluding hydrogens is 386 g/mol. The molecule has 0 spiro atoms. The largest absolute Gasteiger partial charge is 0.337 e. The molecule has 0 unspecified atom stereocenters. The molecule has 0 fully saturated rings. The lowest BCUT2D eigenvalue weighted by Gasteiger charge is -2.24. The van der Waals surface area contributed by atoms with E-state index in [9.17, 15) is 13.2 Å². The molecule has 0 heterocycles. The molecule has 0 N–H and O–H groups in total. The van der Waals surface area contributed by atoms with Crippen LogP contribution in [0.4, 0.5) is 0 Å². The van der Waals surface area contributed by atoms with Crippen LogP contribution in [-0.2, 0) is 21.2 Å². The molecule has 0 atom stereocenters. The smallest absolute Gasteiger partial charge is 0.223 e. The predicted molar refractivity (Wildman–Crippen MR) is 113 cm³/mol. The Morgan fingerprint density at radius 2 is 1.62 bits per heavy atom. The first-order chi connectivity index (χ1) is 13.7. The SMILES string of the molecule is Cc1ccc(S(=O)(=O)CCC(=O)N(CCN(C)C)Cc2ccc(C#N)cc2)cc1. The summed E-state index contributed by atoms with van der Waals surface area (Å²) >= 11 is 0. The third-order valence-electron chi connectivity index (χ3n) is 4.59. The molecule has 0 aliphatic heterocycles. The highest BCUT2D eigenvalue weighted by Crippen LogP contribution is 2.15. The number of likely N-dealkylation sites (N-methyl/N-ethyl adjacent to an activating group) is 1. The molecule has 2 aromatic rings.